The van der Waals surface area contributed by atoms with Crippen LogP contribution in [0, 0.1) is 6.92 Å². The van der Waals surface area contributed by atoms with E-state index in [-0.39, 0.29) is 12.4 Å². The van der Waals surface area contributed by atoms with Crippen molar-refractivity contribution in [2.24, 2.45) is 0 Å². The summed E-state index contributed by atoms with van der Waals surface area (Å²) in [4.78, 5) is 7.06. The first kappa shape index (κ1) is 14.7. The Morgan fingerprint density at radius 2 is 1.82 bits per heavy atom. The third kappa shape index (κ3) is 2.38. The molecule has 2 heterocycles. The van der Waals surface area contributed by atoms with Gasteiger partial charge in [-0.25, -0.2) is 4.98 Å². The van der Waals surface area contributed by atoms with Crippen LogP contribution >= 0.6 is 12.4 Å². The lowest BCUT2D eigenvalue weighted by molar-refractivity contribution is 0.313. The maximum atomic E-state index is 5.72. The highest BCUT2D eigenvalue weighted by atomic mass is 35.5. The number of halogens is 1. The van der Waals surface area contributed by atoms with Gasteiger partial charge in [0, 0.05) is 5.39 Å². The van der Waals surface area contributed by atoms with Crippen LogP contribution in [0.25, 0.3) is 10.9 Å². The van der Waals surface area contributed by atoms with Gasteiger partial charge in [-0.3, -0.25) is 0 Å². The molecule has 0 N–H and O–H groups in total. The summed E-state index contributed by atoms with van der Waals surface area (Å²) in [6, 6.07) is 18.6. The van der Waals surface area contributed by atoms with Crippen LogP contribution in [-0.4, -0.2) is 18.1 Å². The van der Waals surface area contributed by atoms with Crippen LogP contribution < -0.4 is 9.64 Å². The molecule has 4 heteroatoms. The van der Waals surface area contributed by atoms with Crippen LogP contribution in [0.1, 0.15) is 5.56 Å². The first-order valence-corrected chi connectivity index (χ1v) is 7.19. The molecule has 4 rings (SSSR count). The van der Waals surface area contributed by atoms with E-state index < -0.39 is 0 Å². The number of para-hydroxylation sites is 3. The van der Waals surface area contributed by atoms with E-state index in [1.54, 1.807) is 0 Å². The number of ether oxygens (including phenoxy) is 1. The lowest BCUT2D eigenvalue weighted by Crippen LogP contribution is -2.29. The minimum absolute atomic E-state index is 0. The van der Waals surface area contributed by atoms with E-state index in [1.165, 1.54) is 10.9 Å². The molecule has 3 aromatic rings. The Balaban J connectivity index is 0.00000144. The first-order valence-electron chi connectivity index (χ1n) is 7.19. The Hall–Kier alpha value is -2.26. The number of aromatic nitrogens is 1. The second-order valence-electron chi connectivity index (χ2n) is 5.28. The predicted octanol–water partition coefficient (Wildman–Crippen LogP) is 4.50. The molecular formula is C18H17ClN2O. The summed E-state index contributed by atoms with van der Waals surface area (Å²) >= 11 is 0. The molecule has 0 atom stereocenters. The van der Waals surface area contributed by atoms with Crippen molar-refractivity contribution in [2.75, 3.05) is 18.1 Å². The minimum atomic E-state index is 0. The highest BCUT2D eigenvalue weighted by Gasteiger charge is 2.20. The van der Waals surface area contributed by atoms with E-state index >= 15 is 0 Å². The monoisotopic (exact) mass is 312 g/mol. The number of nitrogens with zero attached hydrogens (tertiary/aromatic N) is 2. The molecule has 22 heavy (non-hydrogen) atoms. The number of rotatable bonds is 1. The third-order valence-electron chi connectivity index (χ3n) is 3.91. The number of benzene rings is 2. The van der Waals surface area contributed by atoms with Gasteiger partial charge in [0.1, 0.15) is 18.2 Å². The highest BCUT2D eigenvalue weighted by Crippen LogP contribution is 2.36. The molecule has 3 nitrogen and oxygen atoms in total. The van der Waals surface area contributed by atoms with Crippen LogP contribution in [0.3, 0.4) is 0 Å². The molecule has 0 saturated carbocycles. The second-order valence-corrected chi connectivity index (χ2v) is 5.28. The van der Waals surface area contributed by atoms with Crippen molar-refractivity contribution in [3.8, 4) is 5.75 Å². The fraction of sp³-hybridized carbons (Fsp3) is 0.167. The van der Waals surface area contributed by atoms with E-state index in [4.69, 9.17) is 9.72 Å². The van der Waals surface area contributed by atoms with Gasteiger partial charge < -0.3 is 9.64 Å². The summed E-state index contributed by atoms with van der Waals surface area (Å²) in [5.41, 5.74) is 3.38. The molecule has 0 spiro atoms. The Kier molecular flexibility index (Phi) is 3.90. The molecule has 0 bridgehead atoms. The number of anilines is 2. The summed E-state index contributed by atoms with van der Waals surface area (Å²) in [7, 11) is 0. The lowest BCUT2D eigenvalue weighted by atomic mass is 10.1. The molecule has 2 aromatic carbocycles. The molecule has 0 radical (unpaired) electrons. The van der Waals surface area contributed by atoms with Gasteiger partial charge in [-0.15, -0.1) is 12.4 Å². The number of hydrogen-bond acceptors (Lipinski definition) is 3. The van der Waals surface area contributed by atoms with Crippen molar-refractivity contribution in [2.45, 2.75) is 6.92 Å². The Morgan fingerprint density at radius 3 is 2.73 bits per heavy atom. The number of pyridine rings is 1. The van der Waals surface area contributed by atoms with Crippen LogP contribution in [0.15, 0.2) is 54.6 Å². The van der Waals surface area contributed by atoms with Crippen molar-refractivity contribution >= 4 is 34.8 Å². The summed E-state index contributed by atoms with van der Waals surface area (Å²) in [5.74, 6) is 1.92. The fourth-order valence-corrected chi connectivity index (χ4v) is 2.88. The van der Waals surface area contributed by atoms with E-state index in [0.717, 1.165) is 29.3 Å². The van der Waals surface area contributed by atoms with Crippen molar-refractivity contribution < 1.29 is 4.74 Å². The van der Waals surface area contributed by atoms with E-state index in [1.807, 2.05) is 24.3 Å². The fourth-order valence-electron chi connectivity index (χ4n) is 2.88. The lowest BCUT2D eigenvalue weighted by Gasteiger charge is -2.30. The Bertz CT molecular complexity index is 819. The van der Waals surface area contributed by atoms with Gasteiger partial charge >= 0.3 is 0 Å². The van der Waals surface area contributed by atoms with Gasteiger partial charge in [0.15, 0.2) is 0 Å². The summed E-state index contributed by atoms with van der Waals surface area (Å²) in [6.07, 6.45) is 0. The quantitative estimate of drug-likeness (QED) is 0.661. The van der Waals surface area contributed by atoms with Gasteiger partial charge in [0.05, 0.1) is 17.7 Å². The van der Waals surface area contributed by atoms with Crippen molar-refractivity contribution in [3.05, 3.63) is 60.2 Å². The number of fused-ring (bicyclic) bond motifs is 2. The topological polar surface area (TPSA) is 25.4 Å². The standard InChI is InChI=1S/C18H16N2O.ClH/c1-13-12-18(19-15-7-3-2-6-14(13)15)20-10-11-21-17-9-5-4-8-16(17)20;/h2-9,12H,10-11H2,1H3;1H. The van der Waals surface area contributed by atoms with Crippen LogP contribution in [-0.2, 0) is 0 Å². The average molecular weight is 313 g/mol. The molecule has 1 aliphatic rings. The number of aryl methyl sites for hydroxylation is 1. The molecule has 0 saturated heterocycles. The van der Waals surface area contributed by atoms with Gasteiger partial charge in [-0.1, -0.05) is 30.3 Å². The van der Waals surface area contributed by atoms with Gasteiger partial charge in [0.25, 0.3) is 0 Å². The second kappa shape index (κ2) is 5.85. The molecule has 1 aromatic heterocycles. The summed E-state index contributed by atoms with van der Waals surface area (Å²) < 4.78 is 5.72. The van der Waals surface area contributed by atoms with E-state index in [2.05, 4.69) is 42.2 Å². The highest BCUT2D eigenvalue weighted by molar-refractivity contribution is 5.85. The maximum absolute atomic E-state index is 5.72. The normalized spacial score (nSPS) is 13.2. The van der Waals surface area contributed by atoms with Gasteiger partial charge in [0.2, 0.25) is 0 Å². The zero-order chi connectivity index (χ0) is 14.2. The molecule has 0 unspecified atom stereocenters. The predicted molar refractivity (Wildman–Crippen MR) is 92.7 cm³/mol. The SMILES string of the molecule is Cc1cc(N2CCOc3ccccc32)nc2ccccc12.Cl. The third-order valence-corrected chi connectivity index (χ3v) is 3.91. The molecule has 0 fully saturated rings. The minimum Gasteiger partial charge on any atom is -0.490 e. The van der Waals surface area contributed by atoms with Crippen molar-refractivity contribution in [3.63, 3.8) is 0 Å². The largest absolute Gasteiger partial charge is 0.490 e. The molecule has 0 amide bonds. The van der Waals surface area contributed by atoms with E-state index in [0.29, 0.717) is 6.61 Å². The molecule has 0 aliphatic carbocycles. The smallest absolute Gasteiger partial charge is 0.143 e. The zero-order valence-corrected chi connectivity index (χ0v) is 13.1. The van der Waals surface area contributed by atoms with Crippen LogP contribution in [0.2, 0.25) is 0 Å². The average Bonchev–Trinajstić information content (AvgIpc) is 2.54. The van der Waals surface area contributed by atoms with Crippen LogP contribution in [0.5, 0.6) is 5.75 Å². The Labute approximate surface area is 136 Å². The molecule has 1 aliphatic heterocycles. The first-order chi connectivity index (χ1) is 10.3. The van der Waals surface area contributed by atoms with Gasteiger partial charge in [-0.2, -0.15) is 0 Å². The van der Waals surface area contributed by atoms with Gasteiger partial charge in [-0.05, 0) is 36.8 Å². The number of hydrogen-bond donors (Lipinski definition) is 0. The zero-order valence-electron chi connectivity index (χ0n) is 12.3. The summed E-state index contributed by atoms with van der Waals surface area (Å²) in [6.45, 7) is 3.65. The van der Waals surface area contributed by atoms with Crippen molar-refractivity contribution in [1.29, 1.82) is 0 Å². The van der Waals surface area contributed by atoms with E-state index in [9.17, 15) is 0 Å². The van der Waals surface area contributed by atoms with Crippen LogP contribution in [0.4, 0.5) is 11.5 Å². The molecular weight excluding hydrogens is 296 g/mol. The maximum Gasteiger partial charge on any atom is 0.143 e. The molecule has 112 valence electrons. The Morgan fingerprint density at radius 1 is 1.05 bits per heavy atom. The van der Waals surface area contributed by atoms with Crippen molar-refractivity contribution in [1.82, 2.24) is 4.98 Å². The summed E-state index contributed by atoms with van der Waals surface area (Å²) in [5, 5.41) is 1.21.